The number of amides is 1. The number of hydrogen-bond acceptors (Lipinski definition) is 3. The number of aromatic nitrogens is 1. The lowest BCUT2D eigenvalue weighted by Crippen LogP contribution is -2.35. The third kappa shape index (κ3) is 2.82. The molecule has 1 aromatic rings. The van der Waals surface area contributed by atoms with Gasteiger partial charge < -0.3 is 19.9 Å². The number of hydrogen-bond donors (Lipinski definition) is 1. The quantitative estimate of drug-likeness (QED) is 0.914. The second-order valence-corrected chi connectivity index (χ2v) is 6.04. The summed E-state index contributed by atoms with van der Waals surface area (Å²) < 4.78 is 7.42. The summed E-state index contributed by atoms with van der Waals surface area (Å²) in [5, 5.41) is 0. The summed E-state index contributed by atoms with van der Waals surface area (Å²) >= 11 is 0. The van der Waals surface area contributed by atoms with Crippen molar-refractivity contribution in [3.05, 3.63) is 18.0 Å². The second kappa shape index (κ2) is 5.48. The van der Waals surface area contributed by atoms with E-state index in [9.17, 15) is 4.79 Å². The van der Waals surface area contributed by atoms with Crippen molar-refractivity contribution in [3.8, 4) is 0 Å². The van der Waals surface area contributed by atoms with E-state index in [0.29, 0.717) is 17.6 Å². The smallest absolute Gasteiger partial charge is 0.270 e. The van der Waals surface area contributed by atoms with Crippen molar-refractivity contribution < 1.29 is 9.53 Å². The Hall–Kier alpha value is -1.49. The Morgan fingerprint density at radius 2 is 2.10 bits per heavy atom. The Bertz CT molecular complexity index is 487. The van der Waals surface area contributed by atoms with E-state index in [4.69, 9.17) is 10.5 Å². The predicted octanol–water partition coefficient (Wildman–Crippen LogP) is 1.90. The minimum Gasteiger partial charge on any atom is -0.397 e. The molecule has 2 heterocycles. The van der Waals surface area contributed by atoms with Crippen molar-refractivity contribution in [1.29, 1.82) is 0 Å². The monoisotopic (exact) mass is 277 g/mol. The summed E-state index contributed by atoms with van der Waals surface area (Å²) in [4.78, 5) is 14.4. The number of ether oxygens (including phenoxy) is 1. The van der Waals surface area contributed by atoms with Crippen molar-refractivity contribution in [3.63, 3.8) is 0 Å². The van der Waals surface area contributed by atoms with Gasteiger partial charge in [-0.1, -0.05) is 0 Å². The van der Waals surface area contributed by atoms with Crippen molar-refractivity contribution >= 4 is 11.6 Å². The minimum atomic E-state index is 0.0834. The van der Waals surface area contributed by atoms with Crippen molar-refractivity contribution in [1.82, 2.24) is 9.47 Å². The molecule has 2 fully saturated rings. The Morgan fingerprint density at radius 1 is 1.40 bits per heavy atom. The zero-order valence-electron chi connectivity index (χ0n) is 12.0. The van der Waals surface area contributed by atoms with Gasteiger partial charge in [-0.3, -0.25) is 4.79 Å². The summed E-state index contributed by atoms with van der Waals surface area (Å²) in [6.07, 6.45) is 6.29. The lowest BCUT2D eigenvalue weighted by Gasteiger charge is -2.27. The first-order chi connectivity index (χ1) is 9.65. The maximum absolute atomic E-state index is 12.6. The summed E-state index contributed by atoms with van der Waals surface area (Å²) in [6.45, 7) is 2.44. The fourth-order valence-corrected chi connectivity index (χ4v) is 2.92. The van der Waals surface area contributed by atoms with Crippen LogP contribution < -0.4 is 5.73 Å². The maximum atomic E-state index is 12.6. The highest BCUT2D eigenvalue weighted by molar-refractivity contribution is 5.93. The van der Waals surface area contributed by atoms with Crippen LogP contribution in [0.3, 0.4) is 0 Å². The van der Waals surface area contributed by atoms with E-state index in [1.807, 2.05) is 18.1 Å². The van der Waals surface area contributed by atoms with Gasteiger partial charge in [0.2, 0.25) is 0 Å². The molecule has 110 valence electrons. The second-order valence-electron chi connectivity index (χ2n) is 6.04. The molecule has 1 saturated heterocycles. The van der Waals surface area contributed by atoms with Gasteiger partial charge in [-0.2, -0.15) is 0 Å². The number of anilines is 1. The Labute approximate surface area is 119 Å². The highest BCUT2D eigenvalue weighted by Gasteiger charge is 2.29. The van der Waals surface area contributed by atoms with Crippen LogP contribution in [0, 0.1) is 5.92 Å². The van der Waals surface area contributed by atoms with E-state index < -0.39 is 0 Å². The van der Waals surface area contributed by atoms with Gasteiger partial charge in [0.1, 0.15) is 5.69 Å². The Balaban J connectivity index is 1.68. The van der Waals surface area contributed by atoms with Crippen LogP contribution in [0.15, 0.2) is 12.3 Å². The van der Waals surface area contributed by atoms with Gasteiger partial charge in [-0.25, -0.2) is 0 Å². The lowest BCUT2D eigenvalue weighted by atomic mass is 10.00. The first-order valence-corrected chi connectivity index (χ1v) is 7.45. The molecule has 2 aliphatic rings. The van der Waals surface area contributed by atoms with E-state index in [2.05, 4.69) is 4.57 Å². The fraction of sp³-hybridized carbons (Fsp3) is 0.667. The third-order valence-corrected chi connectivity index (χ3v) is 4.25. The predicted molar refractivity (Wildman–Crippen MR) is 77.6 cm³/mol. The van der Waals surface area contributed by atoms with Gasteiger partial charge >= 0.3 is 0 Å². The van der Waals surface area contributed by atoms with E-state index in [0.717, 1.165) is 51.1 Å². The van der Waals surface area contributed by atoms with Gasteiger partial charge in [0.25, 0.3) is 5.91 Å². The van der Waals surface area contributed by atoms with Crippen LogP contribution in [-0.4, -0.2) is 42.2 Å². The van der Waals surface area contributed by atoms with E-state index in [1.54, 1.807) is 6.07 Å². The van der Waals surface area contributed by atoms with Crippen molar-refractivity contribution in [2.45, 2.75) is 31.7 Å². The standard InChI is InChI=1S/C15H23N3O2/c1-17(9-11-4-6-20-7-5-11)15(19)14-8-12(16)10-18(14)13-2-3-13/h8,10-11,13H,2-7,9,16H2,1H3. The highest BCUT2D eigenvalue weighted by Crippen LogP contribution is 2.37. The topological polar surface area (TPSA) is 60.5 Å². The molecule has 0 spiro atoms. The summed E-state index contributed by atoms with van der Waals surface area (Å²) in [5.41, 5.74) is 7.28. The van der Waals surface area contributed by atoms with Crippen LogP contribution in [0.2, 0.25) is 0 Å². The molecule has 1 aliphatic carbocycles. The number of carbonyl (C=O) groups excluding carboxylic acids is 1. The molecule has 5 heteroatoms. The molecule has 2 N–H and O–H groups in total. The number of nitrogens with two attached hydrogens (primary N) is 1. The van der Waals surface area contributed by atoms with Crippen molar-refractivity contribution in [2.75, 3.05) is 32.5 Å². The molecule has 0 radical (unpaired) electrons. The Kier molecular flexibility index (Phi) is 3.70. The molecule has 1 aromatic heterocycles. The molecule has 1 aliphatic heterocycles. The average molecular weight is 277 g/mol. The fourth-order valence-electron chi connectivity index (χ4n) is 2.92. The van der Waals surface area contributed by atoms with E-state index >= 15 is 0 Å². The molecule has 0 aromatic carbocycles. The molecule has 5 nitrogen and oxygen atoms in total. The molecular weight excluding hydrogens is 254 g/mol. The molecule has 0 bridgehead atoms. The number of rotatable bonds is 4. The average Bonchev–Trinajstić information content (AvgIpc) is 3.22. The SMILES string of the molecule is CN(CC1CCOCC1)C(=O)c1cc(N)cn1C1CC1. The molecule has 1 amide bonds. The molecule has 0 unspecified atom stereocenters. The van der Waals surface area contributed by atoms with Gasteiger partial charge in [0, 0.05) is 39.0 Å². The van der Waals surface area contributed by atoms with Gasteiger partial charge in [-0.15, -0.1) is 0 Å². The molecule has 0 atom stereocenters. The number of nitrogens with zero attached hydrogens (tertiary/aromatic N) is 2. The van der Waals surface area contributed by atoms with Crippen LogP contribution >= 0.6 is 0 Å². The molecular formula is C15H23N3O2. The normalized spacial score (nSPS) is 20.1. The van der Waals surface area contributed by atoms with Crippen LogP contribution in [-0.2, 0) is 4.74 Å². The number of nitrogen functional groups attached to an aromatic ring is 1. The first-order valence-electron chi connectivity index (χ1n) is 7.45. The van der Waals surface area contributed by atoms with Crippen LogP contribution in [0.5, 0.6) is 0 Å². The third-order valence-electron chi connectivity index (χ3n) is 4.25. The summed E-state index contributed by atoms with van der Waals surface area (Å²) in [6, 6.07) is 2.28. The zero-order chi connectivity index (χ0) is 14.1. The minimum absolute atomic E-state index is 0.0834. The zero-order valence-corrected chi connectivity index (χ0v) is 12.0. The molecule has 1 saturated carbocycles. The first kappa shape index (κ1) is 13.5. The Morgan fingerprint density at radius 3 is 2.75 bits per heavy atom. The van der Waals surface area contributed by atoms with Gasteiger partial charge in [0.15, 0.2) is 0 Å². The van der Waals surface area contributed by atoms with E-state index in [1.165, 1.54) is 0 Å². The highest BCUT2D eigenvalue weighted by atomic mass is 16.5. The van der Waals surface area contributed by atoms with Crippen LogP contribution in [0.1, 0.15) is 42.2 Å². The lowest BCUT2D eigenvalue weighted by molar-refractivity contribution is 0.0493. The molecule has 3 rings (SSSR count). The van der Waals surface area contributed by atoms with Crippen molar-refractivity contribution in [2.24, 2.45) is 5.92 Å². The van der Waals surface area contributed by atoms with Crippen LogP contribution in [0.25, 0.3) is 0 Å². The summed E-state index contributed by atoms with van der Waals surface area (Å²) in [5.74, 6) is 0.638. The molecule has 20 heavy (non-hydrogen) atoms. The maximum Gasteiger partial charge on any atom is 0.270 e. The number of carbonyl (C=O) groups is 1. The van der Waals surface area contributed by atoms with Crippen LogP contribution in [0.4, 0.5) is 5.69 Å². The van der Waals surface area contributed by atoms with Gasteiger partial charge in [-0.05, 0) is 37.7 Å². The summed E-state index contributed by atoms with van der Waals surface area (Å²) in [7, 11) is 1.89. The largest absolute Gasteiger partial charge is 0.397 e. The van der Waals surface area contributed by atoms with Gasteiger partial charge in [0.05, 0.1) is 5.69 Å². The van der Waals surface area contributed by atoms with E-state index in [-0.39, 0.29) is 5.91 Å².